The average molecular weight is 386 g/mol. The number of benzene rings is 2. The van der Waals surface area contributed by atoms with Crippen molar-refractivity contribution in [3.8, 4) is 0 Å². The topological polar surface area (TPSA) is 92.2 Å². The van der Waals surface area contributed by atoms with Gasteiger partial charge >= 0.3 is 0 Å². The molecule has 0 spiro atoms. The van der Waals surface area contributed by atoms with Gasteiger partial charge in [0.05, 0.1) is 33.5 Å². The van der Waals surface area contributed by atoms with Crippen LogP contribution in [-0.4, -0.2) is 16.9 Å². The molecule has 0 fully saturated rings. The fraction of sp³-hybridized carbons (Fsp3) is 0. The van der Waals surface area contributed by atoms with Crippen molar-refractivity contribution in [2.24, 2.45) is 5.10 Å². The summed E-state index contributed by atoms with van der Waals surface area (Å²) in [4.78, 5) is 12.7. The van der Waals surface area contributed by atoms with Crippen molar-refractivity contribution in [2.45, 2.75) is 4.90 Å². The van der Waals surface area contributed by atoms with Crippen LogP contribution in [0.15, 0.2) is 46.4 Å². The summed E-state index contributed by atoms with van der Waals surface area (Å²) in [5.74, 6) is -0.373. The van der Waals surface area contributed by atoms with Crippen molar-refractivity contribution in [1.29, 1.82) is 0 Å². The lowest BCUT2D eigenvalue weighted by molar-refractivity contribution is -0.432. The summed E-state index contributed by atoms with van der Waals surface area (Å²) < 4.78 is 4.38. The highest BCUT2D eigenvalue weighted by atomic mass is 35.5. The van der Waals surface area contributed by atoms with E-state index >= 15 is 0 Å². The Morgan fingerprint density at radius 1 is 1.21 bits per heavy atom. The zero-order valence-electron chi connectivity index (χ0n) is 11.7. The molecule has 0 unspecified atom stereocenters. The highest BCUT2D eigenvalue weighted by Crippen LogP contribution is 2.32. The second-order valence-electron chi connectivity index (χ2n) is 4.56. The van der Waals surface area contributed by atoms with Gasteiger partial charge in [-0.3, -0.25) is 10.2 Å². The molecule has 124 valence electrons. The van der Waals surface area contributed by atoms with Crippen molar-refractivity contribution < 1.29 is 19.4 Å². The zero-order chi connectivity index (χ0) is 17.1. The fourth-order valence-corrected chi connectivity index (χ4v) is 2.95. The summed E-state index contributed by atoms with van der Waals surface area (Å²) >= 11 is 12.9. The number of para-hydroxylation sites is 1. The number of nitrogens with one attached hydrogen (secondary N) is 2. The normalized spacial score (nSPS) is 14.6. The minimum Gasteiger partial charge on any atom is -0.320 e. The first-order valence-corrected chi connectivity index (χ1v) is 7.98. The van der Waals surface area contributed by atoms with E-state index in [1.165, 1.54) is 0 Å². The zero-order valence-corrected chi connectivity index (χ0v) is 14.1. The van der Waals surface area contributed by atoms with Crippen LogP contribution < -0.4 is 10.7 Å². The SMILES string of the molecule is O=C1Nc2ccc(SOOO)cc2/C1=N/Nc1c(Cl)cccc1Cl. The Bertz CT molecular complexity index is 811. The molecule has 0 aromatic heterocycles. The van der Waals surface area contributed by atoms with Gasteiger partial charge < -0.3 is 5.32 Å². The Morgan fingerprint density at radius 2 is 1.96 bits per heavy atom. The quantitative estimate of drug-likeness (QED) is 0.406. The third-order valence-electron chi connectivity index (χ3n) is 3.11. The predicted molar refractivity (Wildman–Crippen MR) is 92.3 cm³/mol. The van der Waals surface area contributed by atoms with E-state index in [-0.39, 0.29) is 11.6 Å². The van der Waals surface area contributed by atoms with Crippen LogP contribution in [0.25, 0.3) is 0 Å². The molecule has 1 amide bonds. The van der Waals surface area contributed by atoms with Crippen LogP contribution in [0.4, 0.5) is 11.4 Å². The maximum atomic E-state index is 12.1. The van der Waals surface area contributed by atoms with E-state index in [0.29, 0.717) is 31.9 Å². The van der Waals surface area contributed by atoms with Gasteiger partial charge in [0.15, 0.2) is 5.71 Å². The molecule has 10 heteroatoms. The maximum absolute atomic E-state index is 12.1. The Hall–Kier alpha value is -1.81. The van der Waals surface area contributed by atoms with Crippen molar-refractivity contribution in [2.75, 3.05) is 10.7 Å². The van der Waals surface area contributed by atoms with Gasteiger partial charge in [-0.2, -0.15) is 5.10 Å². The van der Waals surface area contributed by atoms with E-state index < -0.39 is 0 Å². The van der Waals surface area contributed by atoms with Crippen LogP contribution in [-0.2, 0) is 14.2 Å². The number of halogens is 2. The van der Waals surface area contributed by atoms with E-state index in [2.05, 4.69) is 25.2 Å². The largest absolute Gasteiger partial charge is 0.320 e. The molecule has 0 saturated heterocycles. The summed E-state index contributed by atoms with van der Waals surface area (Å²) in [5.41, 5.74) is 4.43. The minimum atomic E-state index is -0.373. The lowest BCUT2D eigenvalue weighted by atomic mass is 10.1. The highest BCUT2D eigenvalue weighted by molar-refractivity contribution is 7.94. The van der Waals surface area contributed by atoms with E-state index in [0.717, 1.165) is 12.0 Å². The van der Waals surface area contributed by atoms with Crippen LogP contribution in [0.1, 0.15) is 5.56 Å². The average Bonchev–Trinajstić information content (AvgIpc) is 2.87. The molecule has 3 N–H and O–H groups in total. The number of carbonyl (C=O) groups excluding carboxylic acids is 1. The van der Waals surface area contributed by atoms with Crippen LogP contribution in [0.2, 0.25) is 10.0 Å². The number of nitrogens with zero attached hydrogens (tertiary/aromatic N) is 1. The number of hydrazone groups is 1. The van der Waals surface area contributed by atoms with Gasteiger partial charge in [-0.25, -0.2) is 5.26 Å². The summed E-state index contributed by atoms with van der Waals surface area (Å²) in [5, 5.41) is 19.3. The Morgan fingerprint density at radius 3 is 2.67 bits per heavy atom. The number of hydrogen-bond donors (Lipinski definition) is 3. The molecule has 1 aliphatic rings. The first kappa shape index (κ1) is 17.0. The van der Waals surface area contributed by atoms with Gasteiger partial charge in [0, 0.05) is 10.5 Å². The number of anilines is 2. The van der Waals surface area contributed by atoms with Gasteiger partial charge in [-0.1, -0.05) is 34.3 Å². The number of amides is 1. The molecule has 0 aliphatic carbocycles. The van der Waals surface area contributed by atoms with Gasteiger partial charge in [0.25, 0.3) is 5.91 Å². The summed E-state index contributed by atoms with van der Waals surface area (Å²) in [6, 6.07) is 10.0. The van der Waals surface area contributed by atoms with Crippen molar-refractivity contribution in [1.82, 2.24) is 0 Å². The fourth-order valence-electron chi connectivity index (χ4n) is 2.07. The molecule has 1 aliphatic heterocycles. The predicted octanol–water partition coefficient (Wildman–Crippen LogP) is 4.19. The number of rotatable bonds is 5. The first-order chi connectivity index (χ1) is 11.6. The molecule has 7 nitrogen and oxygen atoms in total. The smallest absolute Gasteiger partial charge is 0.276 e. The van der Waals surface area contributed by atoms with E-state index in [9.17, 15) is 4.79 Å². The Balaban J connectivity index is 1.91. The van der Waals surface area contributed by atoms with Gasteiger partial charge in [-0.15, -0.1) is 4.33 Å². The number of hydrogen-bond acceptors (Lipinski definition) is 7. The Kier molecular flexibility index (Phi) is 5.24. The first-order valence-electron chi connectivity index (χ1n) is 6.48. The Labute approximate surface area is 150 Å². The molecule has 2 aromatic carbocycles. The molecular weight excluding hydrogens is 377 g/mol. The lowest BCUT2D eigenvalue weighted by Crippen LogP contribution is -2.16. The molecule has 2 aromatic rings. The summed E-state index contributed by atoms with van der Waals surface area (Å²) in [6.07, 6.45) is 0. The van der Waals surface area contributed by atoms with Gasteiger partial charge in [0.1, 0.15) is 0 Å². The second-order valence-corrected chi connectivity index (χ2v) is 6.14. The van der Waals surface area contributed by atoms with Crippen molar-refractivity contribution >= 4 is 58.2 Å². The molecule has 24 heavy (non-hydrogen) atoms. The molecule has 0 saturated carbocycles. The molecule has 3 rings (SSSR count). The standard InChI is InChI=1S/C14H9Cl2N3O4S/c15-9-2-1-3-10(16)13(9)19-18-12-8-6-7(24-23-22-21)4-5-11(8)17-14(12)20/h1-6,19,21H,(H,17,18,20). The second kappa shape index (κ2) is 7.39. The molecule has 0 radical (unpaired) electrons. The number of fused-ring (bicyclic) bond motifs is 1. The molecular formula is C14H9Cl2N3O4S. The molecule has 0 atom stereocenters. The van der Waals surface area contributed by atoms with Crippen LogP contribution in [0.3, 0.4) is 0 Å². The summed E-state index contributed by atoms with van der Waals surface area (Å²) in [7, 11) is 0. The van der Waals surface area contributed by atoms with Gasteiger partial charge in [-0.05, 0) is 30.3 Å². The maximum Gasteiger partial charge on any atom is 0.276 e. The van der Waals surface area contributed by atoms with Crippen molar-refractivity contribution in [3.63, 3.8) is 0 Å². The highest BCUT2D eigenvalue weighted by Gasteiger charge is 2.27. The van der Waals surface area contributed by atoms with Crippen LogP contribution >= 0.6 is 35.2 Å². The lowest BCUT2D eigenvalue weighted by Gasteiger charge is -2.06. The van der Waals surface area contributed by atoms with Crippen LogP contribution in [0, 0.1) is 0 Å². The molecule has 1 heterocycles. The van der Waals surface area contributed by atoms with E-state index in [4.69, 9.17) is 28.5 Å². The van der Waals surface area contributed by atoms with Gasteiger partial charge in [0.2, 0.25) is 0 Å². The van der Waals surface area contributed by atoms with E-state index in [1.54, 1.807) is 36.4 Å². The third kappa shape index (κ3) is 3.48. The summed E-state index contributed by atoms with van der Waals surface area (Å²) in [6.45, 7) is 0. The van der Waals surface area contributed by atoms with Crippen LogP contribution in [0.5, 0.6) is 0 Å². The van der Waals surface area contributed by atoms with E-state index in [1.807, 2.05) is 0 Å². The monoisotopic (exact) mass is 385 g/mol. The number of carbonyl (C=O) groups is 1. The third-order valence-corrected chi connectivity index (χ3v) is 4.32. The molecule has 0 bridgehead atoms. The van der Waals surface area contributed by atoms with Crippen molar-refractivity contribution in [3.05, 3.63) is 52.0 Å². The minimum absolute atomic E-state index is 0.161.